The van der Waals surface area contributed by atoms with Crippen LogP contribution in [0.3, 0.4) is 0 Å². The SMILES string of the molecule is CC1(CCC(=O)N2CCC(c3ccc(F)cc3)CC2)CC(=O)NC1=O. The van der Waals surface area contributed by atoms with E-state index in [1.54, 1.807) is 6.92 Å². The second-order valence-electron chi connectivity index (χ2n) is 7.32. The molecule has 3 rings (SSSR count). The molecule has 134 valence electrons. The molecule has 2 fully saturated rings. The first-order valence-corrected chi connectivity index (χ1v) is 8.75. The average molecular weight is 346 g/mol. The third-order valence-electron chi connectivity index (χ3n) is 5.43. The largest absolute Gasteiger partial charge is 0.343 e. The number of benzene rings is 1. The summed E-state index contributed by atoms with van der Waals surface area (Å²) in [5.74, 6) is -0.397. The normalized spacial score (nSPS) is 24.5. The standard InChI is InChI=1S/C19H23FN2O3/c1-19(12-16(23)21-18(19)25)9-6-17(24)22-10-7-14(8-11-22)13-2-4-15(20)5-3-13/h2-5,14H,6-12H2,1H3,(H,21,23,25). The van der Waals surface area contributed by atoms with E-state index >= 15 is 0 Å². The Balaban J connectivity index is 1.49. The fourth-order valence-electron chi connectivity index (χ4n) is 3.70. The van der Waals surface area contributed by atoms with Crippen molar-refractivity contribution in [2.75, 3.05) is 13.1 Å². The smallest absolute Gasteiger partial charge is 0.233 e. The number of nitrogens with zero attached hydrogens (tertiary/aromatic N) is 1. The van der Waals surface area contributed by atoms with Gasteiger partial charge in [-0.1, -0.05) is 19.1 Å². The molecule has 3 amide bonds. The molecular formula is C19H23FN2O3. The van der Waals surface area contributed by atoms with Crippen LogP contribution < -0.4 is 5.32 Å². The highest BCUT2D eigenvalue weighted by Gasteiger charge is 2.42. The van der Waals surface area contributed by atoms with Gasteiger partial charge in [0.05, 0.1) is 5.41 Å². The molecule has 1 aromatic rings. The summed E-state index contributed by atoms with van der Waals surface area (Å²) in [7, 11) is 0. The molecule has 0 aromatic heterocycles. The molecule has 1 aromatic carbocycles. The molecule has 6 heteroatoms. The minimum Gasteiger partial charge on any atom is -0.343 e. The second-order valence-corrected chi connectivity index (χ2v) is 7.32. The van der Waals surface area contributed by atoms with Crippen molar-refractivity contribution in [1.29, 1.82) is 0 Å². The van der Waals surface area contributed by atoms with Crippen molar-refractivity contribution in [3.05, 3.63) is 35.6 Å². The van der Waals surface area contributed by atoms with Gasteiger partial charge in [0, 0.05) is 25.9 Å². The van der Waals surface area contributed by atoms with E-state index in [1.807, 2.05) is 17.0 Å². The average Bonchev–Trinajstić information content (AvgIpc) is 2.86. The molecule has 5 nitrogen and oxygen atoms in total. The Hall–Kier alpha value is -2.24. The first kappa shape index (κ1) is 17.6. The molecule has 1 atom stereocenters. The predicted octanol–water partition coefficient (Wildman–Crippen LogP) is 2.36. The summed E-state index contributed by atoms with van der Waals surface area (Å²) in [6, 6.07) is 6.57. The maximum absolute atomic E-state index is 13.0. The van der Waals surface area contributed by atoms with Crippen LogP contribution >= 0.6 is 0 Å². The monoisotopic (exact) mass is 346 g/mol. The highest BCUT2D eigenvalue weighted by molar-refractivity contribution is 6.05. The number of piperidine rings is 1. The molecule has 2 saturated heterocycles. The number of imide groups is 1. The summed E-state index contributed by atoms with van der Waals surface area (Å²) in [5.41, 5.74) is 0.348. The number of carbonyl (C=O) groups excluding carboxylic acids is 3. The van der Waals surface area contributed by atoms with Crippen LogP contribution in [0.1, 0.15) is 50.5 Å². The third kappa shape index (κ3) is 3.89. The van der Waals surface area contributed by atoms with Crippen LogP contribution in [0.5, 0.6) is 0 Å². The highest BCUT2D eigenvalue weighted by atomic mass is 19.1. The quantitative estimate of drug-likeness (QED) is 0.851. The maximum atomic E-state index is 13.0. The van der Waals surface area contributed by atoms with Crippen molar-refractivity contribution in [3.63, 3.8) is 0 Å². The van der Waals surface area contributed by atoms with Crippen LogP contribution in [-0.4, -0.2) is 35.7 Å². The minimum absolute atomic E-state index is 0.0333. The number of hydrogen-bond donors (Lipinski definition) is 1. The van der Waals surface area contributed by atoms with E-state index in [1.165, 1.54) is 12.1 Å². The van der Waals surface area contributed by atoms with Gasteiger partial charge in [-0.25, -0.2) is 4.39 Å². The summed E-state index contributed by atoms with van der Waals surface area (Å²) < 4.78 is 13.0. The molecule has 0 bridgehead atoms. The topological polar surface area (TPSA) is 66.5 Å². The van der Waals surface area contributed by atoms with Gasteiger partial charge in [-0.3, -0.25) is 19.7 Å². The molecule has 25 heavy (non-hydrogen) atoms. The Morgan fingerprint density at radius 1 is 1.24 bits per heavy atom. The predicted molar refractivity (Wildman–Crippen MR) is 90.1 cm³/mol. The van der Waals surface area contributed by atoms with Gasteiger partial charge in [-0.05, 0) is 42.9 Å². The fourth-order valence-corrected chi connectivity index (χ4v) is 3.70. The van der Waals surface area contributed by atoms with Crippen LogP contribution in [-0.2, 0) is 14.4 Å². The lowest BCUT2D eigenvalue weighted by Crippen LogP contribution is -2.39. The molecule has 0 saturated carbocycles. The number of carbonyl (C=O) groups is 3. The van der Waals surface area contributed by atoms with Crippen molar-refractivity contribution in [2.45, 2.75) is 44.9 Å². The number of nitrogens with one attached hydrogen (secondary N) is 1. The summed E-state index contributed by atoms with van der Waals surface area (Å²) in [6.45, 7) is 3.08. The van der Waals surface area contributed by atoms with Crippen molar-refractivity contribution in [2.24, 2.45) is 5.41 Å². The molecule has 0 aliphatic carbocycles. The van der Waals surface area contributed by atoms with Crippen LogP contribution in [0.2, 0.25) is 0 Å². The summed E-state index contributed by atoms with van der Waals surface area (Å²) in [5, 5.41) is 2.31. The third-order valence-corrected chi connectivity index (χ3v) is 5.43. The van der Waals surface area contributed by atoms with Crippen molar-refractivity contribution >= 4 is 17.7 Å². The number of likely N-dealkylation sites (tertiary alicyclic amines) is 1. The number of rotatable bonds is 4. The minimum atomic E-state index is -0.765. The molecule has 2 aliphatic rings. The number of amides is 3. The number of hydrogen-bond acceptors (Lipinski definition) is 3. The van der Waals surface area contributed by atoms with E-state index in [9.17, 15) is 18.8 Å². The van der Waals surface area contributed by atoms with E-state index in [2.05, 4.69) is 5.32 Å². The molecule has 0 spiro atoms. The summed E-state index contributed by atoms with van der Waals surface area (Å²) in [6.07, 6.45) is 2.53. The van der Waals surface area contributed by atoms with Gasteiger partial charge >= 0.3 is 0 Å². The van der Waals surface area contributed by atoms with E-state index in [0.717, 1.165) is 18.4 Å². The Morgan fingerprint density at radius 2 is 1.88 bits per heavy atom. The lowest BCUT2D eigenvalue weighted by molar-refractivity contribution is -0.133. The van der Waals surface area contributed by atoms with Gasteiger partial charge in [0.25, 0.3) is 0 Å². The van der Waals surface area contributed by atoms with Crippen LogP contribution in [0.25, 0.3) is 0 Å². The van der Waals surface area contributed by atoms with Crippen molar-refractivity contribution in [3.8, 4) is 0 Å². The summed E-state index contributed by atoms with van der Waals surface area (Å²) in [4.78, 5) is 37.5. The fraction of sp³-hybridized carbons (Fsp3) is 0.526. The lowest BCUT2D eigenvalue weighted by atomic mass is 9.83. The molecule has 1 unspecified atom stereocenters. The second kappa shape index (κ2) is 6.94. The molecule has 0 radical (unpaired) electrons. The Labute approximate surface area is 146 Å². The van der Waals surface area contributed by atoms with Crippen molar-refractivity contribution < 1.29 is 18.8 Å². The van der Waals surface area contributed by atoms with Gasteiger partial charge < -0.3 is 4.90 Å². The van der Waals surface area contributed by atoms with E-state index in [-0.39, 0.29) is 36.4 Å². The van der Waals surface area contributed by atoms with Gasteiger partial charge in [0.15, 0.2) is 0 Å². The highest BCUT2D eigenvalue weighted by Crippen LogP contribution is 2.33. The van der Waals surface area contributed by atoms with Gasteiger partial charge in [-0.2, -0.15) is 0 Å². The van der Waals surface area contributed by atoms with Crippen molar-refractivity contribution in [1.82, 2.24) is 10.2 Å². The number of halogens is 1. The van der Waals surface area contributed by atoms with E-state index in [4.69, 9.17) is 0 Å². The molecule has 1 N–H and O–H groups in total. The van der Waals surface area contributed by atoms with Crippen LogP contribution in [0.4, 0.5) is 4.39 Å². The molecular weight excluding hydrogens is 323 g/mol. The van der Waals surface area contributed by atoms with Gasteiger partial charge in [0.2, 0.25) is 17.7 Å². The Bertz CT molecular complexity index is 680. The summed E-state index contributed by atoms with van der Waals surface area (Å²) >= 11 is 0. The lowest BCUT2D eigenvalue weighted by Gasteiger charge is -2.33. The zero-order valence-electron chi connectivity index (χ0n) is 14.4. The first-order valence-electron chi connectivity index (χ1n) is 8.75. The van der Waals surface area contributed by atoms with E-state index in [0.29, 0.717) is 25.4 Å². The van der Waals surface area contributed by atoms with Gasteiger partial charge in [-0.15, -0.1) is 0 Å². The van der Waals surface area contributed by atoms with Crippen LogP contribution in [0.15, 0.2) is 24.3 Å². The zero-order chi connectivity index (χ0) is 18.0. The van der Waals surface area contributed by atoms with E-state index < -0.39 is 5.41 Å². The Kier molecular flexibility index (Phi) is 4.88. The maximum Gasteiger partial charge on any atom is 0.233 e. The Morgan fingerprint density at radius 3 is 2.44 bits per heavy atom. The van der Waals surface area contributed by atoms with Gasteiger partial charge in [0.1, 0.15) is 5.82 Å². The first-order chi connectivity index (χ1) is 11.9. The van der Waals surface area contributed by atoms with Crippen LogP contribution in [0, 0.1) is 11.2 Å². The molecule has 2 aliphatic heterocycles. The molecule has 2 heterocycles. The zero-order valence-corrected chi connectivity index (χ0v) is 14.4.